The topological polar surface area (TPSA) is 84.9 Å². The van der Waals surface area contributed by atoms with Crippen LogP contribution in [0.25, 0.3) is 0 Å². The Kier molecular flexibility index (Phi) is 7.66. The van der Waals surface area contributed by atoms with Crippen molar-refractivity contribution in [2.45, 2.75) is 58.1 Å². The lowest BCUT2D eigenvalue weighted by Crippen LogP contribution is -2.40. The minimum atomic E-state index is -3.79. The molecule has 1 saturated carbocycles. The predicted octanol–water partition coefficient (Wildman–Crippen LogP) is 4.14. The van der Waals surface area contributed by atoms with Crippen molar-refractivity contribution in [1.82, 2.24) is 9.62 Å². The number of likely N-dealkylation sites (tertiary alicyclic amines) is 1. The minimum absolute atomic E-state index is 0.114. The first-order chi connectivity index (χ1) is 16.6. The molecule has 0 radical (unpaired) electrons. The number of hydrogen-bond acceptors (Lipinski definition) is 6. The Bertz CT molecular complexity index is 1200. The molecule has 1 aliphatic heterocycles. The van der Waals surface area contributed by atoms with Gasteiger partial charge in [0.2, 0.25) is 10.0 Å². The monoisotopic (exact) mass is 504 g/mol. The van der Waals surface area contributed by atoms with Crippen LogP contribution in [0.2, 0.25) is 0 Å². The van der Waals surface area contributed by atoms with Gasteiger partial charge in [-0.1, -0.05) is 12.1 Å². The molecule has 1 saturated heterocycles. The molecular formula is C26H33FN2O5S. The van der Waals surface area contributed by atoms with E-state index in [1.54, 1.807) is 0 Å². The molecule has 2 aliphatic rings. The zero-order valence-corrected chi connectivity index (χ0v) is 21.3. The van der Waals surface area contributed by atoms with Crippen molar-refractivity contribution in [3.8, 4) is 11.5 Å². The Balaban J connectivity index is 1.49. The van der Waals surface area contributed by atoms with E-state index in [-0.39, 0.29) is 17.6 Å². The number of hydrogen-bond donors (Lipinski definition) is 1. The number of piperidine rings is 1. The third kappa shape index (κ3) is 6.73. The Morgan fingerprint density at radius 1 is 1.17 bits per heavy atom. The van der Waals surface area contributed by atoms with Crippen LogP contribution < -0.4 is 14.2 Å². The Labute approximate surface area is 206 Å². The highest BCUT2D eigenvalue weighted by atomic mass is 32.2. The SMILES string of the molecule is CCOc1cc(C)ccc1CN1CCC[C@@H](Oc2cc(F)c(C(=O)NS(C)(=O)=O)cc2C2CC2)C1. The van der Waals surface area contributed by atoms with Crippen LogP contribution in [0.5, 0.6) is 11.5 Å². The number of sulfonamides is 1. The van der Waals surface area contributed by atoms with E-state index in [4.69, 9.17) is 9.47 Å². The Morgan fingerprint density at radius 3 is 2.63 bits per heavy atom. The number of carbonyl (C=O) groups is 1. The summed E-state index contributed by atoms with van der Waals surface area (Å²) in [5.74, 6) is -0.226. The number of amides is 1. The maximum absolute atomic E-state index is 14.8. The van der Waals surface area contributed by atoms with Crippen molar-refractivity contribution >= 4 is 15.9 Å². The first-order valence-electron chi connectivity index (χ1n) is 12.1. The fourth-order valence-electron chi connectivity index (χ4n) is 4.54. The maximum Gasteiger partial charge on any atom is 0.267 e. The van der Waals surface area contributed by atoms with Gasteiger partial charge in [-0.3, -0.25) is 9.69 Å². The predicted molar refractivity (Wildman–Crippen MR) is 132 cm³/mol. The van der Waals surface area contributed by atoms with Crippen molar-refractivity contribution in [2.75, 3.05) is 26.0 Å². The summed E-state index contributed by atoms with van der Waals surface area (Å²) >= 11 is 0. The number of ether oxygens (including phenoxy) is 2. The molecule has 35 heavy (non-hydrogen) atoms. The van der Waals surface area contributed by atoms with Crippen LogP contribution in [0, 0.1) is 12.7 Å². The Morgan fingerprint density at radius 2 is 1.94 bits per heavy atom. The lowest BCUT2D eigenvalue weighted by Gasteiger charge is -2.33. The lowest BCUT2D eigenvalue weighted by atomic mass is 10.0. The number of halogens is 1. The van der Waals surface area contributed by atoms with Crippen LogP contribution in [0.15, 0.2) is 30.3 Å². The van der Waals surface area contributed by atoms with Crippen LogP contribution in [-0.2, 0) is 16.6 Å². The first kappa shape index (κ1) is 25.4. The third-order valence-electron chi connectivity index (χ3n) is 6.31. The highest BCUT2D eigenvalue weighted by Gasteiger charge is 2.31. The average Bonchev–Trinajstić information content (AvgIpc) is 3.60. The Hall–Kier alpha value is -2.65. The van der Waals surface area contributed by atoms with E-state index >= 15 is 0 Å². The molecule has 1 amide bonds. The molecule has 1 aliphatic carbocycles. The highest BCUT2D eigenvalue weighted by molar-refractivity contribution is 7.89. The first-order valence-corrected chi connectivity index (χ1v) is 14.0. The molecule has 2 fully saturated rings. The van der Waals surface area contributed by atoms with Gasteiger partial charge < -0.3 is 9.47 Å². The second kappa shape index (κ2) is 10.5. The second-order valence-corrected chi connectivity index (χ2v) is 11.3. The summed E-state index contributed by atoms with van der Waals surface area (Å²) in [4.78, 5) is 14.6. The zero-order chi connectivity index (χ0) is 25.2. The molecule has 2 aromatic rings. The van der Waals surface area contributed by atoms with Crippen molar-refractivity contribution in [3.05, 3.63) is 58.4 Å². The normalized spacial score (nSPS) is 18.8. The summed E-state index contributed by atoms with van der Waals surface area (Å²) in [6.45, 7) is 7.00. The molecule has 1 heterocycles. The largest absolute Gasteiger partial charge is 0.494 e. The number of nitrogens with zero attached hydrogens (tertiary/aromatic N) is 1. The number of rotatable bonds is 9. The van der Waals surface area contributed by atoms with Gasteiger partial charge in [0.15, 0.2) is 0 Å². The van der Waals surface area contributed by atoms with Crippen molar-refractivity contribution in [2.24, 2.45) is 0 Å². The summed E-state index contributed by atoms with van der Waals surface area (Å²) in [5.41, 5.74) is 2.77. The van der Waals surface area contributed by atoms with Crippen LogP contribution >= 0.6 is 0 Å². The van der Waals surface area contributed by atoms with Crippen molar-refractivity contribution in [3.63, 3.8) is 0 Å². The van der Waals surface area contributed by atoms with Crippen LogP contribution in [-0.4, -0.2) is 51.3 Å². The number of nitrogens with one attached hydrogen (secondary N) is 1. The quantitative estimate of drug-likeness (QED) is 0.553. The maximum atomic E-state index is 14.8. The van der Waals surface area contributed by atoms with E-state index in [1.807, 2.05) is 18.6 Å². The van der Waals surface area contributed by atoms with Gasteiger partial charge in [0.1, 0.15) is 23.4 Å². The summed E-state index contributed by atoms with van der Waals surface area (Å²) in [6.07, 6.45) is 4.42. The number of carbonyl (C=O) groups excluding carboxylic acids is 1. The van der Waals surface area contributed by atoms with E-state index in [2.05, 4.69) is 23.1 Å². The summed E-state index contributed by atoms with van der Waals surface area (Å²) < 4.78 is 51.7. The molecule has 2 aromatic carbocycles. The molecule has 190 valence electrons. The highest BCUT2D eigenvalue weighted by Crippen LogP contribution is 2.45. The number of benzene rings is 2. The number of aryl methyl sites for hydroxylation is 1. The van der Waals surface area contributed by atoms with Gasteiger partial charge in [-0.2, -0.15) is 0 Å². The van der Waals surface area contributed by atoms with Crippen LogP contribution in [0.3, 0.4) is 0 Å². The molecule has 9 heteroatoms. The summed E-state index contributed by atoms with van der Waals surface area (Å²) in [5, 5.41) is 0. The standard InChI is InChI=1S/C26H33FN2O5S/c1-4-33-24-12-17(2)7-8-19(24)15-29-11-5-6-20(16-29)34-25-14-23(27)22(13-21(25)18-9-10-18)26(30)28-35(3,31)32/h7-8,12-14,18,20H,4-6,9-11,15-16H2,1-3H3,(H,28,30)/t20-/m1/s1. The third-order valence-corrected chi connectivity index (χ3v) is 6.87. The summed E-state index contributed by atoms with van der Waals surface area (Å²) in [7, 11) is -3.79. The van der Waals surface area contributed by atoms with Gasteiger partial charge in [0.05, 0.1) is 18.4 Å². The molecular weight excluding hydrogens is 471 g/mol. The van der Waals surface area contributed by atoms with Crippen LogP contribution in [0.1, 0.15) is 65.6 Å². The second-order valence-electron chi connectivity index (χ2n) is 9.51. The molecule has 4 rings (SSSR count). The van der Waals surface area contributed by atoms with E-state index in [0.717, 1.165) is 67.5 Å². The van der Waals surface area contributed by atoms with Gasteiger partial charge in [0.25, 0.3) is 5.91 Å². The van der Waals surface area contributed by atoms with E-state index < -0.39 is 21.7 Å². The average molecular weight is 505 g/mol. The molecule has 0 bridgehead atoms. The molecule has 0 spiro atoms. The van der Waals surface area contributed by atoms with Gasteiger partial charge in [-0.05, 0) is 75.3 Å². The van der Waals surface area contributed by atoms with Crippen molar-refractivity contribution in [1.29, 1.82) is 0 Å². The van der Waals surface area contributed by atoms with Gasteiger partial charge in [-0.25, -0.2) is 17.5 Å². The smallest absolute Gasteiger partial charge is 0.267 e. The minimum Gasteiger partial charge on any atom is -0.494 e. The van der Waals surface area contributed by atoms with E-state index in [1.165, 1.54) is 12.1 Å². The summed E-state index contributed by atoms with van der Waals surface area (Å²) in [6, 6.07) is 8.93. The van der Waals surface area contributed by atoms with E-state index in [9.17, 15) is 17.6 Å². The van der Waals surface area contributed by atoms with Crippen molar-refractivity contribution < 1.29 is 27.1 Å². The fraction of sp³-hybridized carbons (Fsp3) is 0.500. The zero-order valence-electron chi connectivity index (χ0n) is 20.5. The molecule has 0 unspecified atom stereocenters. The van der Waals surface area contributed by atoms with Gasteiger partial charge in [0, 0.05) is 24.7 Å². The molecule has 7 nitrogen and oxygen atoms in total. The van der Waals surface area contributed by atoms with Gasteiger partial charge >= 0.3 is 0 Å². The molecule has 1 atom stereocenters. The molecule has 1 N–H and O–H groups in total. The fourth-order valence-corrected chi connectivity index (χ4v) is 4.99. The van der Waals surface area contributed by atoms with Crippen LogP contribution in [0.4, 0.5) is 4.39 Å². The lowest BCUT2D eigenvalue weighted by molar-refractivity contribution is 0.0826. The molecule has 0 aromatic heterocycles. The van der Waals surface area contributed by atoms with Gasteiger partial charge in [-0.15, -0.1) is 0 Å². The van der Waals surface area contributed by atoms with E-state index in [0.29, 0.717) is 18.9 Å².